The molecule has 1 unspecified atom stereocenters. The second-order valence-electron chi connectivity index (χ2n) is 7.74. The number of nitrogens with one attached hydrogen (secondary N) is 2. The zero-order valence-corrected chi connectivity index (χ0v) is 17.6. The minimum absolute atomic E-state index is 0.298. The normalized spacial score (nSPS) is 16.1. The summed E-state index contributed by atoms with van der Waals surface area (Å²) in [6.07, 6.45) is 2.73. The molecule has 0 saturated carbocycles. The molecule has 1 aliphatic rings. The Balaban J connectivity index is 1.56. The van der Waals surface area contributed by atoms with Gasteiger partial charge in [0.25, 0.3) is 0 Å². The first-order valence-electron chi connectivity index (χ1n) is 10.3. The number of fused-ring (bicyclic) bond motifs is 1. The van der Waals surface area contributed by atoms with E-state index in [9.17, 15) is 4.39 Å². The van der Waals surface area contributed by atoms with Crippen LogP contribution in [-0.4, -0.2) is 32.6 Å². The molecule has 0 radical (unpaired) electrons. The molecule has 1 saturated heterocycles. The summed E-state index contributed by atoms with van der Waals surface area (Å²) in [5.74, 6) is 1.01. The van der Waals surface area contributed by atoms with Crippen molar-refractivity contribution in [3.05, 3.63) is 71.1 Å². The van der Waals surface area contributed by atoms with E-state index >= 15 is 0 Å². The number of nitrogens with zero attached hydrogens (tertiary/aromatic N) is 4. The van der Waals surface area contributed by atoms with E-state index < -0.39 is 5.82 Å². The maximum Gasteiger partial charge on any atom is 0.225 e. The SMILES string of the molecule is Fc1cccc(Cl)c1-c1nc2cnc(NCc3ccccc3)nc2n1CC1CCNC1. The van der Waals surface area contributed by atoms with Gasteiger partial charge in [0, 0.05) is 13.1 Å². The Kier molecular flexibility index (Phi) is 5.53. The van der Waals surface area contributed by atoms with Gasteiger partial charge in [-0.25, -0.2) is 14.4 Å². The van der Waals surface area contributed by atoms with Gasteiger partial charge in [-0.3, -0.25) is 0 Å². The van der Waals surface area contributed by atoms with Crippen LogP contribution >= 0.6 is 11.6 Å². The number of benzene rings is 2. The molecule has 1 aliphatic heterocycles. The molecule has 0 bridgehead atoms. The summed E-state index contributed by atoms with van der Waals surface area (Å²) in [6, 6.07) is 14.7. The molecule has 31 heavy (non-hydrogen) atoms. The minimum atomic E-state index is -0.399. The molecule has 0 spiro atoms. The van der Waals surface area contributed by atoms with Gasteiger partial charge in [0.2, 0.25) is 5.95 Å². The van der Waals surface area contributed by atoms with Crippen LogP contribution < -0.4 is 10.6 Å². The zero-order valence-electron chi connectivity index (χ0n) is 16.9. The van der Waals surface area contributed by atoms with Crippen LogP contribution in [0.25, 0.3) is 22.6 Å². The third-order valence-electron chi connectivity index (χ3n) is 5.57. The highest BCUT2D eigenvalue weighted by Crippen LogP contribution is 2.33. The molecule has 8 heteroatoms. The summed E-state index contributed by atoms with van der Waals surface area (Å²) >= 11 is 6.38. The summed E-state index contributed by atoms with van der Waals surface area (Å²) in [5.41, 5.74) is 2.72. The molecule has 5 rings (SSSR count). The molecule has 2 N–H and O–H groups in total. The number of imidazole rings is 1. The molecular weight excluding hydrogens is 415 g/mol. The van der Waals surface area contributed by atoms with E-state index in [2.05, 4.69) is 20.6 Å². The summed E-state index contributed by atoms with van der Waals surface area (Å²) < 4.78 is 16.7. The molecule has 158 valence electrons. The van der Waals surface area contributed by atoms with E-state index in [0.717, 1.165) is 25.1 Å². The van der Waals surface area contributed by atoms with Crippen molar-refractivity contribution in [2.75, 3.05) is 18.4 Å². The molecule has 6 nitrogen and oxygen atoms in total. The van der Waals surface area contributed by atoms with Crippen molar-refractivity contribution in [3.8, 4) is 11.4 Å². The molecule has 3 heterocycles. The van der Waals surface area contributed by atoms with Gasteiger partial charge >= 0.3 is 0 Å². The van der Waals surface area contributed by atoms with Crippen molar-refractivity contribution in [3.63, 3.8) is 0 Å². The first-order valence-corrected chi connectivity index (χ1v) is 10.7. The number of hydrogen-bond acceptors (Lipinski definition) is 5. The fraction of sp³-hybridized carbons (Fsp3) is 0.261. The average molecular weight is 437 g/mol. The van der Waals surface area contributed by atoms with Crippen LogP contribution in [0.15, 0.2) is 54.7 Å². The molecular formula is C23H22ClFN6. The van der Waals surface area contributed by atoms with E-state index in [0.29, 0.717) is 52.5 Å². The van der Waals surface area contributed by atoms with Crippen LogP contribution in [-0.2, 0) is 13.1 Å². The number of rotatable bonds is 6. The van der Waals surface area contributed by atoms with Crippen molar-refractivity contribution in [1.29, 1.82) is 0 Å². The maximum atomic E-state index is 14.7. The number of halogens is 2. The van der Waals surface area contributed by atoms with E-state index in [1.54, 1.807) is 18.3 Å². The van der Waals surface area contributed by atoms with Gasteiger partial charge in [0.15, 0.2) is 5.65 Å². The van der Waals surface area contributed by atoms with Crippen molar-refractivity contribution in [1.82, 2.24) is 24.8 Å². The van der Waals surface area contributed by atoms with Crippen LogP contribution in [0.5, 0.6) is 0 Å². The Morgan fingerprint density at radius 1 is 1.13 bits per heavy atom. The molecule has 2 aromatic carbocycles. The quantitative estimate of drug-likeness (QED) is 0.465. The van der Waals surface area contributed by atoms with Gasteiger partial charge in [-0.05, 0) is 43.1 Å². The summed E-state index contributed by atoms with van der Waals surface area (Å²) in [4.78, 5) is 13.8. The number of hydrogen-bond donors (Lipinski definition) is 2. The van der Waals surface area contributed by atoms with Crippen molar-refractivity contribution in [2.45, 2.75) is 19.5 Å². The first-order chi connectivity index (χ1) is 15.2. The highest BCUT2D eigenvalue weighted by molar-refractivity contribution is 6.33. The minimum Gasteiger partial charge on any atom is -0.350 e. The monoisotopic (exact) mass is 436 g/mol. The molecule has 2 aromatic heterocycles. The summed E-state index contributed by atoms with van der Waals surface area (Å²) in [6.45, 7) is 3.18. The Morgan fingerprint density at radius 3 is 2.77 bits per heavy atom. The third-order valence-corrected chi connectivity index (χ3v) is 5.89. The average Bonchev–Trinajstić information content (AvgIpc) is 3.42. The highest BCUT2D eigenvalue weighted by Gasteiger charge is 2.23. The van der Waals surface area contributed by atoms with Crippen LogP contribution in [0, 0.1) is 11.7 Å². The third kappa shape index (κ3) is 4.11. The predicted octanol–water partition coefficient (Wildman–Crippen LogP) is 4.51. The topological polar surface area (TPSA) is 67.7 Å². The van der Waals surface area contributed by atoms with E-state index in [1.165, 1.54) is 6.07 Å². The fourth-order valence-electron chi connectivity index (χ4n) is 3.98. The van der Waals surface area contributed by atoms with Gasteiger partial charge in [0.1, 0.15) is 17.2 Å². The van der Waals surface area contributed by atoms with Crippen LogP contribution in [0.1, 0.15) is 12.0 Å². The van der Waals surface area contributed by atoms with Gasteiger partial charge in [-0.1, -0.05) is 48.0 Å². The number of anilines is 1. The van der Waals surface area contributed by atoms with E-state index in [-0.39, 0.29) is 0 Å². The predicted molar refractivity (Wildman–Crippen MR) is 120 cm³/mol. The van der Waals surface area contributed by atoms with Crippen LogP contribution in [0.2, 0.25) is 5.02 Å². The largest absolute Gasteiger partial charge is 0.350 e. The lowest BCUT2D eigenvalue weighted by Crippen LogP contribution is -2.16. The van der Waals surface area contributed by atoms with Gasteiger partial charge < -0.3 is 15.2 Å². The molecule has 1 atom stereocenters. The van der Waals surface area contributed by atoms with Crippen LogP contribution in [0.4, 0.5) is 10.3 Å². The highest BCUT2D eigenvalue weighted by atomic mass is 35.5. The van der Waals surface area contributed by atoms with E-state index in [4.69, 9.17) is 16.6 Å². The zero-order chi connectivity index (χ0) is 21.2. The Labute approximate surface area is 184 Å². The number of aromatic nitrogens is 4. The summed E-state index contributed by atoms with van der Waals surface area (Å²) in [7, 11) is 0. The molecule has 0 aliphatic carbocycles. The van der Waals surface area contributed by atoms with Crippen LogP contribution in [0.3, 0.4) is 0 Å². The van der Waals surface area contributed by atoms with Crippen molar-refractivity contribution >= 4 is 28.7 Å². The van der Waals surface area contributed by atoms with Gasteiger partial charge in [-0.2, -0.15) is 4.98 Å². The maximum absolute atomic E-state index is 14.7. The Bertz CT molecular complexity index is 1180. The first kappa shape index (κ1) is 19.9. The lowest BCUT2D eigenvalue weighted by molar-refractivity contribution is 0.489. The molecule has 0 amide bonds. The summed E-state index contributed by atoms with van der Waals surface area (Å²) in [5, 5.41) is 6.99. The van der Waals surface area contributed by atoms with Crippen molar-refractivity contribution < 1.29 is 4.39 Å². The Hall–Kier alpha value is -3.03. The Morgan fingerprint density at radius 2 is 2.00 bits per heavy atom. The van der Waals surface area contributed by atoms with Crippen molar-refractivity contribution in [2.24, 2.45) is 5.92 Å². The fourth-order valence-corrected chi connectivity index (χ4v) is 4.23. The second kappa shape index (κ2) is 8.61. The molecule has 4 aromatic rings. The molecule has 1 fully saturated rings. The lowest BCUT2D eigenvalue weighted by Gasteiger charge is -2.14. The van der Waals surface area contributed by atoms with Gasteiger partial charge in [0.05, 0.1) is 16.8 Å². The lowest BCUT2D eigenvalue weighted by atomic mass is 10.1. The van der Waals surface area contributed by atoms with Gasteiger partial charge in [-0.15, -0.1) is 0 Å². The smallest absolute Gasteiger partial charge is 0.225 e. The second-order valence-corrected chi connectivity index (χ2v) is 8.15. The standard InChI is InChI=1S/C23H22ClFN6/c24-17-7-4-8-18(25)20(17)22-29-19-13-28-23(27-12-15-5-2-1-3-6-15)30-21(19)31(22)14-16-9-10-26-11-16/h1-8,13,16,26H,9-12,14H2,(H,27,28,30). The van der Waals surface area contributed by atoms with E-state index in [1.807, 2.05) is 34.9 Å².